The third-order valence-electron chi connectivity index (χ3n) is 5.19. The number of hydrogen-bond acceptors (Lipinski definition) is 7. The van der Waals surface area contributed by atoms with Crippen LogP contribution >= 0.6 is 11.6 Å². The van der Waals surface area contributed by atoms with Crippen molar-refractivity contribution < 1.29 is 9.59 Å². The van der Waals surface area contributed by atoms with Crippen molar-refractivity contribution in [2.75, 3.05) is 36.6 Å². The number of primary amides is 1. The number of halogens is 1. The number of carbonyl (C=O) groups is 2. The highest BCUT2D eigenvalue weighted by Crippen LogP contribution is 2.26. The zero-order chi connectivity index (χ0) is 28.9. The Labute approximate surface area is 239 Å². The van der Waals surface area contributed by atoms with Gasteiger partial charge in [-0.05, 0) is 75.1 Å². The molecule has 0 bridgehead atoms. The Morgan fingerprint density at radius 1 is 0.925 bits per heavy atom. The molecule has 0 fully saturated rings. The van der Waals surface area contributed by atoms with Crippen LogP contribution in [0.3, 0.4) is 0 Å². The first-order valence-corrected chi connectivity index (χ1v) is 12.8. The Balaban J connectivity index is 0.000000424. The molecule has 0 saturated heterocycles. The predicted octanol–water partition coefficient (Wildman–Crippen LogP) is 5.77. The van der Waals surface area contributed by atoms with Gasteiger partial charge in [-0.2, -0.15) is 4.98 Å². The van der Waals surface area contributed by atoms with E-state index < -0.39 is 5.91 Å². The Bertz CT molecular complexity index is 1460. The van der Waals surface area contributed by atoms with E-state index in [1.54, 1.807) is 18.2 Å². The van der Waals surface area contributed by atoms with Gasteiger partial charge in [0.15, 0.2) is 5.82 Å². The van der Waals surface area contributed by atoms with Crippen LogP contribution < -0.4 is 21.7 Å². The van der Waals surface area contributed by atoms with Crippen LogP contribution in [0.5, 0.6) is 0 Å². The fraction of sp³-hybridized carbons (Fsp3) is 0.133. The second-order valence-electron chi connectivity index (χ2n) is 8.98. The molecule has 0 radical (unpaired) electrons. The minimum atomic E-state index is -0.392. The topological polar surface area (TPSA) is 125 Å². The number of aryl methyl sites for hydroxylation is 1. The maximum absolute atomic E-state index is 12.4. The van der Waals surface area contributed by atoms with Crippen LogP contribution in [0.25, 0.3) is 0 Å². The maximum atomic E-state index is 12.4. The summed E-state index contributed by atoms with van der Waals surface area (Å²) in [6.07, 6.45) is 4.62. The molecule has 2 amide bonds. The van der Waals surface area contributed by atoms with Crippen LogP contribution in [0.2, 0.25) is 5.02 Å². The molecule has 0 atom stereocenters. The summed E-state index contributed by atoms with van der Waals surface area (Å²) in [6.45, 7) is 2.77. The first kappa shape index (κ1) is 29.8. The Morgan fingerprint density at radius 2 is 1.60 bits per heavy atom. The van der Waals surface area contributed by atoms with Gasteiger partial charge >= 0.3 is 0 Å². The van der Waals surface area contributed by atoms with Crippen LogP contribution in [-0.4, -0.2) is 47.3 Å². The van der Waals surface area contributed by atoms with Crippen molar-refractivity contribution in [2.24, 2.45) is 5.73 Å². The number of likely N-dealkylation sites (N-methyl/N-ethyl adjacent to an activating group) is 1. The summed E-state index contributed by atoms with van der Waals surface area (Å²) in [4.78, 5) is 33.2. The zero-order valence-corrected chi connectivity index (χ0v) is 23.3. The minimum absolute atomic E-state index is 0.176. The lowest BCUT2D eigenvalue weighted by Gasteiger charge is -2.11. The van der Waals surface area contributed by atoms with E-state index in [2.05, 4.69) is 25.9 Å². The van der Waals surface area contributed by atoms with Gasteiger partial charge in [-0.25, -0.2) is 4.98 Å². The highest BCUT2D eigenvalue weighted by Gasteiger charge is 2.09. The number of nitrogens with zero attached hydrogens (tertiary/aromatic N) is 3. The van der Waals surface area contributed by atoms with Crippen LogP contribution in [0.15, 0.2) is 97.2 Å². The van der Waals surface area contributed by atoms with Gasteiger partial charge in [0.2, 0.25) is 11.9 Å². The summed E-state index contributed by atoms with van der Waals surface area (Å²) < 4.78 is 0. The lowest BCUT2D eigenvalue weighted by Crippen LogP contribution is -2.12. The van der Waals surface area contributed by atoms with Crippen molar-refractivity contribution in [1.82, 2.24) is 14.9 Å². The van der Waals surface area contributed by atoms with E-state index in [4.69, 9.17) is 17.3 Å². The number of rotatable bonds is 9. The van der Waals surface area contributed by atoms with Crippen LogP contribution in [-0.2, 0) is 4.79 Å². The van der Waals surface area contributed by atoms with Gasteiger partial charge in [0.1, 0.15) is 5.02 Å². The molecule has 9 nitrogen and oxygen atoms in total. The predicted molar refractivity (Wildman–Crippen MR) is 163 cm³/mol. The number of hydrogen-bond donors (Lipinski definition) is 4. The van der Waals surface area contributed by atoms with Gasteiger partial charge in [-0.3, -0.25) is 9.59 Å². The third kappa shape index (κ3) is 10.2. The number of aromatic nitrogens is 2. The highest BCUT2D eigenvalue weighted by atomic mass is 35.5. The molecule has 40 heavy (non-hydrogen) atoms. The highest BCUT2D eigenvalue weighted by molar-refractivity contribution is 6.32. The average molecular weight is 558 g/mol. The molecule has 4 rings (SSSR count). The molecule has 0 aliphatic rings. The van der Waals surface area contributed by atoms with Crippen molar-refractivity contribution in [1.29, 1.82) is 0 Å². The van der Waals surface area contributed by atoms with Crippen molar-refractivity contribution in [2.45, 2.75) is 6.92 Å². The fourth-order valence-corrected chi connectivity index (χ4v) is 3.49. The summed E-state index contributed by atoms with van der Waals surface area (Å²) in [5.74, 6) is 0.311. The smallest absolute Gasteiger partial charge is 0.255 e. The normalized spacial score (nSPS) is 10.5. The molecule has 0 saturated carbocycles. The molecule has 0 aliphatic carbocycles. The average Bonchev–Trinajstić information content (AvgIpc) is 2.91. The van der Waals surface area contributed by atoms with Crippen molar-refractivity contribution in [3.63, 3.8) is 0 Å². The molecule has 4 aromatic rings. The fourth-order valence-electron chi connectivity index (χ4n) is 3.35. The first-order valence-electron chi connectivity index (χ1n) is 12.4. The van der Waals surface area contributed by atoms with E-state index in [-0.39, 0.29) is 5.91 Å². The number of carbonyl (C=O) groups excluding carboxylic acids is 2. The van der Waals surface area contributed by atoms with Gasteiger partial charge in [-0.1, -0.05) is 54.1 Å². The quantitative estimate of drug-likeness (QED) is 0.193. The lowest BCUT2D eigenvalue weighted by molar-refractivity contribution is -0.113. The minimum Gasteiger partial charge on any atom is -0.366 e. The largest absolute Gasteiger partial charge is 0.366 e. The molecule has 0 unspecified atom stereocenters. The SMILES string of the molecule is CN(C)C/C=C/C(N)=O.Cc1cccc(Nc2nc(Nc3cccc(NC(=O)c4ccccc4)c3)ncc2Cl)c1. The van der Waals surface area contributed by atoms with Gasteiger partial charge in [0.05, 0.1) is 6.20 Å². The van der Waals surface area contributed by atoms with E-state index in [1.165, 1.54) is 12.3 Å². The number of anilines is 5. The summed E-state index contributed by atoms with van der Waals surface area (Å²) in [5.41, 5.74) is 8.83. The van der Waals surface area contributed by atoms with E-state index in [0.717, 1.165) is 23.5 Å². The maximum Gasteiger partial charge on any atom is 0.255 e. The van der Waals surface area contributed by atoms with Gasteiger partial charge in [0, 0.05) is 29.2 Å². The molecule has 3 aromatic carbocycles. The molecule has 0 aliphatic heterocycles. The van der Waals surface area contributed by atoms with Gasteiger partial charge in [0.25, 0.3) is 5.91 Å². The van der Waals surface area contributed by atoms with Gasteiger partial charge in [-0.15, -0.1) is 0 Å². The number of amides is 2. The molecule has 5 N–H and O–H groups in total. The van der Waals surface area contributed by atoms with Crippen molar-refractivity contribution >= 4 is 52.2 Å². The second-order valence-corrected chi connectivity index (χ2v) is 9.38. The molecule has 1 aromatic heterocycles. The lowest BCUT2D eigenvalue weighted by atomic mass is 10.2. The van der Waals surface area contributed by atoms with Crippen LogP contribution in [0.1, 0.15) is 15.9 Å². The molecule has 0 spiro atoms. The van der Waals surface area contributed by atoms with E-state index in [1.807, 2.05) is 92.6 Å². The van der Waals surface area contributed by atoms with E-state index in [0.29, 0.717) is 28.0 Å². The Kier molecular flexibility index (Phi) is 11.2. The third-order valence-corrected chi connectivity index (χ3v) is 5.47. The number of nitrogens with one attached hydrogen (secondary N) is 3. The van der Waals surface area contributed by atoms with Crippen molar-refractivity contribution in [3.8, 4) is 0 Å². The number of nitrogens with two attached hydrogens (primary N) is 1. The standard InChI is InChI=1S/C24H20ClN5O.C6H12N2O/c1-16-7-5-10-18(13-16)27-22-21(25)15-26-24(30-22)29-20-12-6-11-19(14-20)28-23(31)17-8-3-2-4-9-17;1-8(2)5-3-4-6(7)9/h2-15H,1H3,(H,28,31)(H2,26,27,29,30);3-4H,5H2,1-2H3,(H2,7,9)/b;4-3+. The monoisotopic (exact) mass is 557 g/mol. The summed E-state index contributed by atoms with van der Waals surface area (Å²) in [6, 6.07) is 24.3. The van der Waals surface area contributed by atoms with Crippen molar-refractivity contribution in [3.05, 3.63) is 113 Å². The molecule has 10 heteroatoms. The molecular formula is C30H32ClN7O2. The van der Waals surface area contributed by atoms with E-state index >= 15 is 0 Å². The second kappa shape index (κ2) is 15.0. The van der Waals surface area contributed by atoms with Crippen LogP contribution in [0.4, 0.5) is 28.8 Å². The zero-order valence-electron chi connectivity index (χ0n) is 22.6. The van der Waals surface area contributed by atoms with E-state index in [9.17, 15) is 9.59 Å². The molecular weight excluding hydrogens is 526 g/mol. The van der Waals surface area contributed by atoms with Crippen LogP contribution in [0, 0.1) is 6.92 Å². The summed E-state index contributed by atoms with van der Waals surface area (Å²) >= 11 is 6.27. The number of benzene rings is 3. The Hall–Kier alpha value is -4.73. The summed E-state index contributed by atoms with van der Waals surface area (Å²) in [7, 11) is 3.84. The molecule has 206 valence electrons. The molecule has 1 heterocycles. The van der Waals surface area contributed by atoms with Gasteiger partial charge < -0.3 is 26.6 Å². The first-order chi connectivity index (χ1) is 19.2. The Morgan fingerprint density at radius 3 is 2.27 bits per heavy atom. The summed E-state index contributed by atoms with van der Waals surface area (Å²) in [5, 5.41) is 9.67.